The summed E-state index contributed by atoms with van der Waals surface area (Å²) >= 11 is 0. The summed E-state index contributed by atoms with van der Waals surface area (Å²) in [4.78, 5) is 12.5. The Morgan fingerprint density at radius 2 is 1.65 bits per heavy atom. The lowest BCUT2D eigenvalue weighted by Gasteiger charge is -2.32. The van der Waals surface area contributed by atoms with Crippen LogP contribution in [0.25, 0.3) is 0 Å². The molecule has 20 heavy (non-hydrogen) atoms. The minimum absolute atomic E-state index is 0.0617. The zero-order chi connectivity index (χ0) is 14.6. The molecular formula is C16H23NO3. The van der Waals surface area contributed by atoms with Crippen LogP contribution in [0.1, 0.15) is 48.9 Å². The number of nitrogens with two attached hydrogens (primary N) is 1. The maximum atomic E-state index is 12.5. The molecule has 0 unspecified atom stereocenters. The molecule has 1 aliphatic carbocycles. The van der Waals surface area contributed by atoms with Gasteiger partial charge in [-0.25, -0.2) is 0 Å². The van der Waals surface area contributed by atoms with E-state index in [0.29, 0.717) is 23.5 Å². The van der Waals surface area contributed by atoms with Gasteiger partial charge >= 0.3 is 0 Å². The number of methoxy groups -OCH3 is 2. The molecule has 1 saturated carbocycles. The molecule has 2 rings (SSSR count). The zero-order valence-corrected chi connectivity index (χ0v) is 12.3. The van der Waals surface area contributed by atoms with E-state index in [1.165, 1.54) is 6.42 Å². The van der Waals surface area contributed by atoms with Crippen molar-refractivity contribution in [1.29, 1.82) is 0 Å². The van der Waals surface area contributed by atoms with Crippen LogP contribution in [-0.2, 0) is 0 Å². The molecule has 1 aromatic rings. The first-order valence-electron chi connectivity index (χ1n) is 7.11. The second-order valence-corrected chi connectivity index (χ2v) is 5.62. The molecule has 0 aromatic heterocycles. The SMILES string of the molecule is COc1cc(OC)cc(C(=O)CC2(N)CCCCC2)c1. The van der Waals surface area contributed by atoms with Crippen LogP contribution < -0.4 is 15.2 Å². The molecular weight excluding hydrogens is 254 g/mol. The molecule has 0 heterocycles. The third kappa shape index (κ3) is 3.51. The monoisotopic (exact) mass is 277 g/mol. The number of carbonyl (C=O) groups is 1. The van der Waals surface area contributed by atoms with Crippen molar-refractivity contribution < 1.29 is 14.3 Å². The standard InChI is InChI=1S/C16H23NO3/c1-19-13-8-12(9-14(10-13)20-2)15(18)11-16(17)6-4-3-5-7-16/h8-10H,3-7,11,17H2,1-2H3. The fraction of sp³-hybridized carbons (Fsp3) is 0.562. The Morgan fingerprint density at radius 1 is 1.10 bits per heavy atom. The van der Waals surface area contributed by atoms with Gasteiger partial charge in [-0.15, -0.1) is 0 Å². The first-order valence-corrected chi connectivity index (χ1v) is 7.11. The van der Waals surface area contributed by atoms with Gasteiger partial charge in [0.2, 0.25) is 0 Å². The van der Waals surface area contributed by atoms with E-state index in [2.05, 4.69) is 0 Å². The molecule has 2 N–H and O–H groups in total. The second kappa shape index (κ2) is 6.27. The zero-order valence-electron chi connectivity index (χ0n) is 12.3. The van der Waals surface area contributed by atoms with Crippen LogP contribution in [-0.4, -0.2) is 25.5 Å². The lowest BCUT2D eigenvalue weighted by atomic mass is 9.78. The van der Waals surface area contributed by atoms with Gasteiger partial charge in [0.1, 0.15) is 11.5 Å². The molecule has 0 saturated heterocycles. The maximum Gasteiger partial charge on any atom is 0.164 e. The number of ketones is 1. The minimum Gasteiger partial charge on any atom is -0.497 e. The topological polar surface area (TPSA) is 61.5 Å². The van der Waals surface area contributed by atoms with Crippen LogP contribution in [0.4, 0.5) is 0 Å². The fourth-order valence-corrected chi connectivity index (χ4v) is 2.82. The van der Waals surface area contributed by atoms with Gasteiger partial charge in [0.25, 0.3) is 0 Å². The van der Waals surface area contributed by atoms with Crippen molar-refractivity contribution in [2.45, 2.75) is 44.1 Å². The van der Waals surface area contributed by atoms with E-state index in [1.807, 2.05) is 0 Å². The molecule has 4 heteroatoms. The number of hydrogen-bond donors (Lipinski definition) is 1. The van der Waals surface area contributed by atoms with Crippen LogP contribution in [0.2, 0.25) is 0 Å². The van der Waals surface area contributed by atoms with E-state index in [0.717, 1.165) is 25.7 Å². The first kappa shape index (κ1) is 14.9. The van der Waals surface area contributed by atoms with E-state index in [1.54, 1.807) is 32.4 Å². The fourth-order valence-electron chi connectivity index (χ4n) is 2.82. The Balaban J connectivity index is 2.15. The molecule has 4 nitrogen and oxygen atoms in total. The van der Waals surface area contributed by atoms with Gasteiger partial charge < -0.3 is 15.2 Å². The van der Waals surface area contributed by atoms with Crippen LogP contribution >= 0.6 is 0 Å². The van der Waals surface area contributed by atoms with Crippen LogP contribution in [0, 0.1) is 0 Å². The van der Waals surface area contributed by atoms with Gasteiger partial charge in [-0.3, -0.25) is 4.79 Å². The molecule has 0 amide bonds. The largest absolute Gasteiger partial charge is 0.497 e. The molecule has 110 valence electrons. The van der Waals surface area contributed by atoms with Crippen molar-refractivity contribution in [2.24, 2.45) is 5.73 Å². The average Bonchev–Trinajstić information content (AvgIpc) is 2.46. The highest BCUT2D eigenvalue weighted by Gasteiger charge is 2.30. The highest BCUT2D eigenvalue weighted by atomic mass is 16.5. The van der Waals surface area contributed by atoms with Crippen molar-refractivity contribution in [1.82, 2.24) is 0 Å². The minimum atomic E-state index is -0.342. The molecule has 0 atom stereocenters. The summed E-state index contributed by atoms with van der Waals surface area (Å²) in [5, 5.41) is 0. The number of ether oxygens (including phenoxy) is 2. The summed E-state index contributed by atoms with van der Waals surface area (Å²) in [6.45, 7) is 0. The van der Waals surface area contributed by atoms with Crippen molar-refractivity contribution in [3.05, 3.63) is 23.8 Å². The lowest BCUT2D eigenvalue weighted by molar-refractivity contribution is 0.0934. The normalized spacial score (nSPS) is 17.6. The van der Waals surface area contributed by atoms with Crippen molar-refractivity contribution in [3.8, 4) is 11.5 Å². The van der Waals surface area contributed by atoms with Gasteiger partial charge in [0.05, 0.1) is 14.2 Å². The number of benzene rings is 1. The molecule has 0 bridgehead atoms. The smallest absolute Gasteiger partial charge is 0.164 e. The summed E-state index contributed by atoms with van der Waals surface area (Å²) in [5.74, 6) is 1.32. The van der Waals surface area contributed by atoms with E-state index in [9.17, 15) is 4.79 Å². The Bertz CT molecular complexity index is 456. The predicted molar refractivity (Wildman–Crippen MR) is 78.5 cm³/mol. The van der Waals surface area contributed by atoms with Crippen molar-refractivity contribution in [2.75, 3.05) is 14.2 Å². The Hall–Kier alpha value is -1.55. The lowest BCUT2D eigenvalue weighted by Crippen LogP contribution is -2.43. The van der Waals surface area contributed by atoms with Crippen molar-refractivity contribution >= 4 is 5.78 Å². The molecule has 1 aromatic carbocycles. The highest BCUT2D eigenvalue weighted by molar-refractivity contribution is 5.97. The Morgan fingerprint density at radius 3 is 2.15 bits per heavy atom. The Labute approximate surface area is 120 Å². The summed E-state index contributed by atoms with van der Waals surface area (Å²) in [6.07, 6.45) is 5.71. The van der Waals surface area contributed by atoms with Gasteiger partial charge in [0.15, 0.2) is 5.78 Å². The molecule has 0 spiro atoms. The van der Waals surface area contributed by atoms with Gasteiger partial charge in [0, 0.05) is 23.6 Å². The second-order valence-electron chi connectivity index (χ2n) is 5.62. The highest BCUT2D eigenvalue weighted by Crippen LogP contribution is 2.31. The summed E-state index contributed by atoms with van der Waals surface area (Å²) in [5.41, 5.74) is 6.62. The van der Waals surface area contributed by atoms with E-state index >= 15 is 0 Å². The van der Waals surface area contributed by atoms with Gasteiger partial charge in [-0.2, -0.15) is 0 Å². The molecule has 1 fully saturated rings. The molecule has 0 aliphatic heterocycles. The van der Waals surface area contributed by atoms with Gasteiger partial charge in [-0.1, -0.05) is 19.3 Å². The quantitative estimate of drug-likeness (QED) is 0.841. The van der Waals surface area contributed by atoms with E-state index < -0.39 is 0 Å². The van der Waals surface area contributed by atoms with Crippen LogP contribution in [0.15, 0.2) is 18.2 Å². The van der Waals surface area contributed by atoms with E-state index in [-0.39, 0.29) is 11.3 Å². The van der Waals surface area contributed by atoms with E-state index in [4.69, 9.17) is 15.2 Å². The summed E-state index contributed by atoms with van der Waals surface area (Å²) in [7, 11) is 3.16. The number of Topliss-reactive ketones (excluding diaryl/α,β-unsaturated/α-hetero) is 1. The molecule has 0 radical (unpaired) electrons. The predicted octanol–water partition coefficient (Wildman–Crippen LogP) is 2.94. The summed E-state index contributed by atoms with van der Waals surface area (Å²) in [6, 6.07) is 5.25. The number of carbonyl (C=O) groups excluding carboxylic acids is 1. The Kier molecular flexibility index (Phi) is 4.65. The third-order valence-corrected chi connectivity index (χ3v) is 4.04. The summed E-state index contributed by atoms with van der Waals surface area (Å²) < 4.78 is 10.4. The van der Waals surface area contributed by atoms with Crippen molar-refractivity contribution in [3.63, 3.8) is 0 Å². The third-order valence-electron chi connectivity index (χ3n) is 4.04. The molecule has 1 aliphatic rings. The van der Waals surface area contributed by atoms with Crippen LogP contribution in [0.3, 0.4) is 0 Å². The van der Waals surface area contributed by atoms with Gasteiger partial charge in [-0.05, 0) is 25.0 Å². The maximum absolute atomic E-state index is 12.5. The number of rotatable bonds is 5. The first-order chi connectivity index (χ1) is 9.56. The average molecular weight is 277 g/mol. The van der Waals surface area contributed by atoms with Crippen LogP contribution in [0.5, 0.6) is 11.5 Å². The number of hydrogen-bond acceptors (Lipinski definition) is 4.